The molecule has 0 aliphatic heterocycles. The average Bonchev–Trinajstić information content (AvgIpc) is 2.62. The molecule has 2 aromatic rings. The largest absolute Gasteiger partial charge is 0.493 e. The number of halogens is 2. The van der Waals surface area contributed by atoms with Gasteiger partial charge in [-0.25, -0.2) is 0 Å². The zero-order valence-corrected chi connectivity index (χ0v) is 17.9. The number of methoxy groups -OCH3 is 1. The van der Waals surface area contributed by atoms with Crippen LogP contribution < -0.4 is 14.8 Å². The smallest absolute Gasteiger partial charge is 0.230 e. The molecule has 2 aromatic carbocycles. The van der Waals surface area contributed by atoms with Crippen molar-refractivity contribution in [1.29, 1.82) is 0 Å². The lowest BCUT2D eigenvalue weighted by Crippen LogP contribution is -2.24. The predicted molar refractivity (Wildman–Crippen MR) is 113 cm³/mol. The first-order valence-electron chi connectivity index (χ1n) is 8.51. The Bertz CT molecular complexity index is 784. The van der Waals surface area contributed by atoms with E-state index in [0.29, 0.717) is 39.6 Å². The maximum absolute atomic E-state index is 12.1. The van der Waals surface area contributed by atoms with Crippen molar-refractivity contribution < 1.29 is 14.3 Å². The van der Waals surface area contributed by atoms with Gasteiger partial charge in [-0.3, -0.25) is 4.79 Å². The summed E-state index contributed by atoms with van der Waals surface area (Å²) >= 11 is 13.5. The van der Waals surface area contributed by atoms with E-state index in [0.717, 1.165) is 11.1 Å². The van der Waals surface area contributed by atoms with E-state index in [-0.39, 0.29) is 12.0 Å². The van der Waals surface area contributed by atoms with Crippen LogP contribution in [0.15, 0.2) is 36.4 Å². The molecule has 0 saturated heterocycles. The van der Waals surface area contributed by atoms with Crippen molar-refractivity contribution in [2.75, 3.05) is 12.9 Å². The van der Waals surface area contributed by atoms with Gasteiger partial charge in [-0.05, 0) is 49.2 Å². The van der Waals surface area contributed by atoms with Crippen molar-refractivity contribution >= 4 is 40.9 Å². The summed E-state index contributed by atoms with van der Waals surface area (Å²) in [4.78, 5) is 12.1. The summed E-state index contributed by atoms with van der Waals surface area (Å²) in [5.41, 5.74) is 1.91. The van der Waals surface area contributed by atoms with Gasteiger partial charge in [0.25, 0.3) is 0 Å². The molecule has 0 heterocycles. The van der Waals surface area contributed by atoms with Gasteiger partial charge in [0.1, 0.15) is 0 Å². The SMILES string of the molecule is COc1cc(CNC(=O)CSCc2ccc(Cl)cc2Cl)ccc1OC(C)C. The van der Waals surface area contributed by atoms with Crippen LogP contribution in [0.3, 0.4) is 0 Å². The number of carbonyl (C=O) groups excluding carboxylic acids is 1. The fourth-order valence-electron chi connectivity index (χ4n) is 2.32. The van der Waals surface area contributed by atoms with E-state index in [1.165, 1.54) is 11.8 Å². The lowest BCUT2D eigenvalue weighted by atomic mass is 10.2. The molecule has 1 N–H and O–H groups in total. The summed E-state index contributed by atoms with van der Waals surface area (Å²) in [6, 6.07) is 11.0. The number of carbonyl (C=O) groups is 1. The van der Waals surface area contributed by atoms with Crippen LogP contribution in [0.5, 0.6) is 11.5 Å². The van der Waals surface area contributed by atoms with Crippen LogP contribution in [0.1, 0.15) is 25.0 Å². The lowest BCUT2D eigenvalue weighted by Gasteiger charge is -2.14. The molecule has 0 aliphatic carbocycles. The third kappa shape index (κ3) is 7.17. The molecule has 4 nitrogen and oxygen atoms in total. The molecule has 0 atom stereocenters. The van der Waals surface area contributed by atoms with Crippen LogP contribution in [0, 0.1) is 0 Å². The zero-order chi connectivity index (χ0) is 19.8. The lowest BCUT2D eigenvalue weighted by molar-refractivity contribution is -0.118. The summed E-state index contributed by atoms with van der Waals surface area (Å²) in [5, 5.41) is 4.13. The first-order valence-corrected chi connectivity index (χ1v) is 10.4. The van der Waals surface area contributed by atoms with Gasteiger partial charge in [-0.15, -0.1) is 11.8 Å². The third-order valence-corrected chi connectivity index (χ3v) is 5.15. The topological polar surface area (TPSA) is 47.6 Å². The highest BCUT2D eigenvalue weighted by atomic mass is 35.5. The Kier molecular flexibility index (Phi) is 8.61. The van der Waals surface area contributed by atoms with Gasteiger partial charge in [0.2, 0.25) is 5.91 Å². The van der Waals surface area contributed by atoms with E-state index in [2.05, 4.69) is 5.32 Å². The van der Waals surface area contributed by atoms with E-state index >= 15 is 0 Å². The minimum atomic E-state index is -0.0356. The number of nitrogens with one attached hydrogen (secondary N) is 1. The van der Waals surface area contributed by atoms with Crippen molar-refractivity contribution in [2.24, 2.45) is 0 Å². The van der Waals surface area contributed by atoms with Gasteiger partial charge in [-0.2, -0.15) is 0 Å². The van der Waals surface area contributed by atoms with Crippen molar-refractivity contribution in [3.8, 4) is 11.5 Å². The van der Waals surface area contributed by atoms with Crippen LogP contribution >= 0.6 is 35.0 Å². The molecule has 1 amide bonds. The molecule has 0 spiro atoms. The maximum atomic E-state index is 12.1. The van der Waals surface area contributed by atoms with Crippen molar-refractivity contribution in [2.45, 2.75) is 32.2 Å². The average molecular weight is 428 g/mol. The van der Waals surface area contributed by atoms with Gasteiger partial charge in [0.15, 0.2) is 11.5 Å². The fraction of sp³-hybridized carbons (Fsp3) is 0.350. The van der Waals surface area contributed by atoms with Gasteiger partial charge in [-0.1, -0.05) is 35.3 Å². The number of benzene rings is 2. The molecule has 27 heavy (non-hydrogen) atoms. The Morgan fingerprint density at radius 2 is 1.93 bits per heavy atom. The van der Waals surface area contributed by atoms with E-state index in [1.807, 2.05) is 38.1 Å². The van der Waals surface area contributed by atoms with Crippen LogP contribution in [-0.4, -0.2) is 24.9 Å². The summed E-state index contributed by atoms with van der Waals surface area (Å²) in [6.45, 7) is 4.35. The Balaban J connectivity index is 1.81. The number of amides is 1. The molecule has 0 saturated carbocycles. The minimum Gasteiger partial charge on any atom is -0.493 e. The second-order valence-corrected chi connectivity index (χ2v) is 7.99. The van der Waals surface area contributed by atoms with Crippen molar-refractivity contribution in [3.05, 3.63) is 57.6 Å². The molecular weight excluding hydrogens is 405 g/mol. The highest BCUT2D eigenvalue weighted by Crippen LogP contribution is 2.29. The Hall–Kier alpha value is -1.56. The van der Waals surface area contributed by atoms with Gasteiger partial charge >= 0.3 is 0 Å². The molecule has 7 heteroatoms. The molecule has 0 aliphatic rings. The summed E-state index contributed by atoms with van der Waals surface area (Å²) in [5.74, 6) is 2.31. The Morgan fingerprint density at radius 1 is 1.15 bits per heavy atom. The van der Waals surface area contributed by atoms with Crippen LogP contribution in [0.25, 0.3) is 0 Å². The monoisotopic (exact) mass is 427 g/mol. The molecule has 0 fully saturated rings. The first kappa shape index (κ1) is 21.7. The van der Waals surface area contributed by atoms with E-state index in [4.69, 9.17) is 32.7 Å². The summed E-state index contributed by atoms with van der Waals surface area (Å²) in [7, 11) is 1.60. The number of thioether (sulfide) groups is 1. The quantitative estimate of drug-likeness (QED) is 0.586. The summed E-state index contributed by atoms with van der Waals surface area (Å²) in [6.07, 6.45) is 0.0654. The fourth-order valence-corrected chi connectivity index (χ4v) is 3.73. The number of ether oxygens (including phenoxy) is 2. The van der Waals surface area contributed by atoms with Crippen molar-refractivity contribution in [1.82, 2.24) is 5.32 Å². The number of hydrogen-bond donors (Lipinski definition) is 1. The Morgan fingerprint density at radius 3 is 2.59 bits per heavy atom. The second-order valence-electron chi connectivity index (χ2n) is 6.16. The van der Waals surface area contributed by atoms with E-state index < -0.39 is 0 Å². The highest BCUT2D eigenvalue weighted by molar-refractivity contribution is 7.99. The number of rotatable bonds is 9. The van der Waals surface area contributed by atoms with Gasteiger partial charge in [0.05, 0.1) is 19.0 Å². The minimum absolute atomic E-state index is 0.0356. The molecule has 0 unspecified atom stereocenters. The molecule has 0 aromatic heterocycles. The predicted octanol–water partition coefficient (Wildman–Crippen LogP) is 5.34. The molecule has 0 bridgehead atoms. The standard InChI is InChI=1S/C20H23Cl2NO3S/c1-13(2)26-18-7-4-14(8-19(18)25-3)10-23-20(24)12-27-11-15-5-6-16(21)9-17(15)22/h4-9,13H,10-12H2,1-3H3,(H,23,24). The molecule has 146 valence electrons. The normalized spacial score (nSPS) is 10.7. The highest BCUT2D eigenvalue weighted by Gasteiger charge is 2.09. The van der Waals surface area contributed by atoms with Crippen LogP contribution in [-0.2, 0) is 17.1 Å². The van der Waals surface area contributed by atoms with E-state index in [9.17, 15) is 4.79 Å². The molecule has 2 rings (SSSR count). The summed E-state index contributed by atoms with van der Waals surface area (Å²) < 4.78 is 11.1. The van der Waals surface area contributed by atoms with Crippen LogP contribution in [0.2, 0.25) is 10.0 Å². The zero-order valence-electron chi connectivity index (χ0n) is 15.6. The van der Waals surface area contributed by atoms with Gasteiger partial charge < -0.3 is 14.8 Å². The van der Waals surface area contributed by atoms with Gasteiger partial charge in [0, 0.05) is 22.3 Å². The second kappa shape index (κ2) is 10.7. The molecule has 0 radical (unpaired) electrons. The Labute approximate surface area is 174 Å². The van der Waals surface area contributed by atoms with Crippen molar-refractivity contribution in [3.63, 3.8) is 0 Å². The van der Waals surface area contributed by atoms with E-state index in [1.54, 1.807) is 19.2 Å². The molecular formula is C20H23Cl2NO3S. The maximum Gasteiger partial charge on any atom is 0.230 e. The first-order chi connectivity index (χ1) is 12.9. The number of hydrogen-bond acceptors (Lipinski definition) is 4. The van der Waals surface area contributed by atoms with Crippen LogP contribution in [0.4, 0.5) is 0 Å². The third-order valence-electron chi connectivity index (χ3n) is 3.59.